The number of hydrogen-bond acceptors (Lipinski definition) is 14. The van der Waals surface area contributed by atoms with Crippen LogP contribution in [0, 0.1) is 0 Å². The third-order valence-corrected chi connectivity index (χ3v) is 9.08. The van der Waals surface area contributed by atoms with Gasteiger partial charge in [-0.2, -0.15) is 5.10 Å². The van der Waals surface area contributed by atoms with Crippen LogP contribution < -0.4 is 16.8 Å². The van der Waals surface area contributed by atoms with Crippen LogP contribution in [-0.4, -0.2) is 96.6 Å². The zero-order valence-electron chi connectivity index (χ0n) is 20.6. The number of carbonyl (C=O) groups is 3. The maximum atomic E-state index is 13.1. The highest BCUT2D eigenvalue weighted by Gasteiger charge is 2.54. The van der Waals surface area contributed by atoms with Crippen LogP contribution >= 0.6 is 34.9 Å². The number of oxime groups is 1. The second kappa shape index (κ2) is 11.3. The predicted molar refractivity (Wildman–Crippen MR) is 149 cm³/mol. The second-order valence-corrected chi connectivity index (χ2v) is 11.6. The molecule has 2 amide bonds. The molecule has 17 heteroatoms. The lowest BCUT2D eigenvalue weighted by Crippen LogP contribution is -2.71. The normalized spacial score (nSPS) is 22.3. The zero-order chi connectivity index (χ0) is 27.7. The van der Waals surface area contributed by atoms with E-state index in [-0.39, 0.29) is 28.8 Å². The van der Waals surface area contributed by atoms with Crippen LogP contribution in [-0.2, 0) is 19.2 Å². The summed E-state index contributed by atoms with van der Waals surface area (Å²) >= 11 is 4.12. The minimum atomic E-state index is -1.20. The van der Waals surface area contributed by atoms with Crippen LogP contribution in [0.1, 0.15) is 12.1 Å². The van der Waals surface area contributed by atoms with Gasteiger partial charge >= 0.3 is 5.97 Å². The van der Waals surface area contributed by atoms with Crippen LogP contribution in [0.25, 0.3) is 0 Å². The second-order valence-electron chi connectivity index (χ2n) is 8.48. The molecule has 1 aromatic heterocycles. The Morgan fingerprint density at radius 2 is 2.21 bits per heavy atom. The van der Waals surface area contributed by atoms with Crippen molar-refractivity contribution in [2.45, 2.75) is 17.8 Å². The molecule has 2 atom stereocenters. The standard InChI is InChI=1S/C22H25N9O5S3/c1-36-28-15(12-10-39-22(24)25-12)18(32)26-16-19(33)31-17(21(34)35)11(9-38-20(16)31)8-29-5-6-30-14(29)3-2-13(27-30)37-7-4-23/h3,5-6,10,16,20H,2,4,7-9,23H2,1H3,(H2,24,25)(H,26,32)(H,34,35)/t16-,20+/m1/s1. The lowest BCUT2D eigenvalue weighted by atomic mass is 10.0. The number of nitrogens with zero attached hydrogens (tertiary/aromatic N) is 6. The molecule has 1 saturated heterocycles. The Morgan fingerprint density at radius 3 is 2.90 bits per heavy atom. The van der Waals surface area contributed by atoms with Gasteiger partial charge in [-0.05, 0) is 11.6 Å². The first-order valence-electron chi connectivity index (χ1n) is 11.7. The lowest BCUT2D eigenvalue weighted by Gasteiger charge is -2.49. The third-order valence-electron chi connectivity index (χ3n) is 6.04. The van der Waals surface area contributed by atoms with E-state index >= 15 is 0 Å². The van der Waals surface area contributed by atoms with Crippen molar-refractivity contribution in [2.75, 3.05) is 37.4 Å². The summed E-state index contributed by atoms with van der Waals surface area (Å²) in [6, 6.07) is -0.932. The molecule has 1 aromatic rings. The van der Waals surface area contributed by atoms with Crippen LogP contribution in [0.4, 0.5) is 5.13 Å². The van der Waals surface area contributed by atoms with Crippen LogP contribution in [0.15, 0.2) is 51.2 Å². The minimum absolute atomic E-state index is 0.0711. The summed E-state index contributed by atoms with van der Waals surface area (Å²) in [4.78, 5) is 50.3. The van der Waals surface area contributed by atoms with Crippen LogP contribution in [0.3, 0.4) is 0 Å². The fourth-order valence-electron chi connectivity index (χ4n) is 4.37. The molecule has 14 nitrogen and oxygen atoms in total. The number of allylic oxidation sites excluding steroid dienone is 1. The van der Waals surface area contributed by atoms with Gasteiger partial charge in [0.05, 0.1) is 5.04 Å². The van der Waals surface area contributed by atoms with Crippen LogP contribution in [0.2, 0.25) is 0 Å². The fraction of sp³-hybridized carbons (Fsp3) is 0.364. The molecule has 0 bridgehead atoms. The Bertz CT molecular complexity index is 1350. The molecule has 4 aliphatic rings. The number of anilines is 1. The largest absolute Gasteiger partial charge is 0.477 e. The number of aliphatic carboxylic acids is 1. The first kappa shape index (κ1) is 27.0. The quantitative estimate of drug-likeness (QED) is 0.173. The number of fused-ring (bicyclic) bond motifs is 2. The number of aromatic nitrogens is 1. The molecular weight excluding hydrogens is 567 g/mol. The van der Waals surface area contributed by atoms with Crippen molar-refractivity contribution >= 4 is 68.5 Å². The summed E-state index contributed by atoms with van der Waals surface area (Å²) in [5, 5.41) is 25.0. The maximum Gasteiger partial charge on any atom is 0.352 e. The molecule has 0 saturated carbocycles. The van der Waals surface area contributed by atoms with E-state index in [0.717, 1.165) is 28.0 Å². The topological polar surface area (TPSA) is 192 Å². The molecule has 1 fully saturated rings. The van der Waals surface area contributed by atoms with E-state index in [1.165, 1.54) is 23.8 Å². The van der Waals surface area contributed by atoms with Gasteiger partial charge in [0, 0.05) is 48.8 Å². The number of rotatable bonds is 9. The Kier molecular flexibility index (Phi) is 7.83. The van der Waals surface area contributed by atoms with Crippen molar-refractivity contribution in [2.24, 2.45) is 16.0 Å². The SMILES string of the molecule is CON=C(C(=O)N[C@@H]1C(=O)N2C(C(=O)O)=C(CN3C=CN4N=C(SCCN)CC=C34)CS[C@@H]12)c1csc(N)n1. The number of carboxylic acids is 1. The van der Waals surface area contributed by atoms with Gasteiger partial charge in [-0.3, -0.25) is 14.5 Å². The van der Waals surface area contributed by atoms with Crippen molar-refractivity contribution < 1.29 is 24.3 Å². The minimum Gasteiger partial charge on any atom is -0.477 e. The molecule has 0 spiro atoms. The third kappa shape index (κ3) is 5.21. The number of nitrogens with two attached hydrogens (primary N) is 2. The molecule has 39 heavy (non-hydrogen) atoms. The van der Waals surface area contributed by atoms with Crippen molar-refractivity contribution in [3.8, 4) is 0 Å². The van der Waals surface area contributed by atoms with Crippen molar-refractivity contribution in [3.63, 3.8) is 0 Å². The van der Waals surface area contributed by atoms with E-state index in [9.17, 15) is 19.5 Å². The molecule has 0 unspecified atom stereocenters. The molecule has 5 rings (SSSR count). The summed E-state index contributed by atoms with van der Waals surface area (Å²) in [6.45, 7) is 0.841. The average Bonchev–Trinajstić information content (AvgIpc) is 3.54. The number of nitrogens with one attached hydrogen (secondary N) is 1. The van der Waals surface area contributed by atoms with E-state index in [0.29, 0.717) is 24.3 Å². The molecule has 6 N–H and O–H groups in total. The number of carboxylic acid groups (broad SMARTS) is 1. The summed E-state index contributed by atoms with van der Waals surface area (Å²) in [5.74, 6) is -0.437. The van der Waals surface area contributed by atoms with Gasteiger partial charge in [-0.15, -0.1) is 34.9 Å². The van der Waals surface area contributed by atoms with Gasteiger partial charge in [0.15, 0.2) is 10.8 Å². The summed E-state index contributed by atoms with van der Waals surface area (Å²) < 4.78 is 0. The number of hydrazone groups is 1. The summed E-state index contributed by atoms with van der Waals surface area (Å²) in [5.41, 5.74) is 11.8. The summed E-state index contributed by atoms with van der Waals surface area (Å²) in [7, 11) is 1.28. The first-order valence-corrected chi connectivity index (χ1v) is 14.6. The van der Waals surface area contributed by atoms with E-state index in [1.54, 1.807) is 22.2 Å². The van der Waals surface area contributed by atoms with Crippen molar-refractivity contribution in [1.82, 2.24) is 25.1 Å². The first-order chi connectivity index (χ1) is 18.8. The number of β-lactam (4-membered cyclic amide) rings is 1. The van der Waals surface area contributed by atoms with Gasteiger partial charge in [-0.25, -0.2) is 14.8 Å². The van der Waals surface area contributed by atoms with E-state index in [2.05, 4.69) is 20.6 Å². The number of hydrogen-bond donors (Lipinski definition) is 4. The maximum absolute atomic E-state index is 13.1. The molecule has 4 aliphatic heterocycles. The predicted octanol–water partition coefficient (Wildman–Crippen LogP) is 0.154. The van der Waals surface area contributed by atoms with Gasteiger partial charge in [0.2, 0.25) is 0 Å². The number of carbonyl (C=O) groups excluding carboxylic acids is 2. The fourth-order valence-corrected chi connectivity index (χ4v) is 6.96. The highest BCUT2D eigenvalue weighted by atomic mass is 32.2. The molecule has 0 radical (unpaired) electrons. The zero-order valence-corrected chi connectivity index (χ0v) is 23.1. The lowest BCUT2D eigenvalue weighted by molar-refractivity contribution is -0.150. The highest BCUT2D eigenvalue weighted by Crippen LogP contribution is 2.41. The highest BCUT2D eigenvalue weighted by molar-refractivity contribution is 8.13. The van der Waals surface area contributed by atoms with E-state index in [1.807, 2.05) is 23.4 Å². The molecule has 5 heterocycles. The van der Waals surface area contributed by atoms with Crippen molar-refractivity contribution in [1.29, 1.82) is 0 Å². The Morgan fingerprint density at radius 1 is 1.38 bits per heavy atom. The summed E-state index contributed by atoms with van der Waals surface area (Å²) in [6.07, 6.45) is 6.33. The number of thioether (sulfide) groups is 2. The van der Waals surface area contributed by atoms with Gasteiger partial charge in [0.25, 0.3) is 11.8 Å². The van der Waals surface area contributed by atoms with E-state index < -0.39 is 29.2 Å². The average molecular weight is 592 g/mol. The monoisotopic (exact) mass is 591 g/mol. The molecule has 0 aliphatic carbocycles. The molecule has 0 aromatic carbocycles. The van der Waals surface area contributed by atoms with Gasteiger partial charge in [0.1, 0.15) is 35.7 Å². The Balaban J connectivity index is 1.29. The van der Waals surface area contributed by atoms with Gasteiger partial charge < -0.3 is 31.6 Å². The molecular formula is C22H25N9O5S3. The van der Waals surface area contributed by atoms with E-state index in [4.69, 9.17) is 16.3 Å². The Hall–Kier alpha value is -3.54. The van der Waals surface area contributed by atoms with Gasteiger partial charge in [-0.1, -0.05) is 5.16 Å². The van der Waals surface area contributed by atoms with Crippen molar-refractivity contribution in [3.05, 3.63) is 46.6 Å². The number of nitrogen functional groups attached to an aromatic ring is 1. The smallest absolute Gasteiger partial charge is 0.352 e. The number of thiazole rings is 1. The Labute approximate surface area is 235 Å². The van der Waals surface area contributed by atoms with Crippen LogP contribution in [0.5, 0.6) is 0 Å². The molecule has 206 valence electrons. The number of amides is 2.